The molecule has 0 spiro atoms. The van der Waals surface area contributed by atoms with Crippen LogP contribution in [0.15, 0.2) is 70.5 Å². The predicted octanol–water partition coefficient (Wildman–Crippen LogP) is 4.27. The standard InChI is InChI=1S/C23H20FNO6S2/c1-32(28,29)18-8-10-19(15-3-2-4-17(24)11-15)21(13-18)25-33(30,31)22-12-16(23(26)27)7-9-20(22)14-5-6-14/h2-4,7-14,25H,5-6H2,1H3,(H,26,27). The Hall–Kier alpha value is -3.24. The molecule has 0 unspecified atom stereocenters. The van der Waals surface area contributed by atoms with Gasteiger partial charge in [-0.1, -0.05) is 24.3 Å². The summed E-state index contributed by atoms with van der Waals surface area (Å²) in [5.74, 6) is -1.81. The van der Waals surface area contributed by atoms with Crippen molar-refractivity contribution in [1.82, 2.24) is 0 Å². The molecular formula is C23H20FNO6S2. The molecule has 10 heteroatoms. The van der Waals surface area contributed by atoms with Crippen LogP contribution >= 0.6 is 0 Å². The Kier molecular flexibility index (Phi) is 5.75. The van der Waals surface area contributed by atoms with Crippen LogP contribution in [0, 0.1) is 5.82 Å². The first-order valence-corrected chi connectivity index (χ1v) is 13.3. The number of halogens is 1. The van der Waals surface area contributed by atoms with E-state index in [1.807, 2.05) is 0 Å². The lowest BCUT2D eigenvalue weighted by Gasteiger charge is -2.17. The highest BCUT2D eigenvalue weighted by Gasteiger charge is 2.31. The van der Waals surface area contributed by atoms with Crippen LogP contribution in [0.4, 0.5) is 10.1 Å². The molecule has 4 rings (SSSR count). The van der Waals surface area contributed by atoms with E-state index < -0.39 is 31.6 Å². The fraction of sp³-hybridized carbons (Fsp3) is 0.174. The minimum atomic E-state index is -4.31. The van der Waals surface area contributed by atoms with Crippen LogP contribution in [-0.4, -0.2) is 34.2 Å². The van der Waals surface area contributed by atoms with Crippen LogP contribution in [0.25, 0.3) is 11.1 Å². The number of anilines is 1. The second-order valence-corrected chi connectivity index (χ2v) is 11.6. The molecule has 1 aliphatic carbocycles. The number of hydrogen-bond acceptors (Lipinski definition) is 5. The Morgan fingerprint density at radius 2 is 1.73 bits per heavy atom. The maximum absolute atomic E-state index is 13.8. The summed E-state index contributed by atoms with van der Waals surface area (Å²) < 4.78 is 67.3. The fourth-order valence-electron chi connectivity index (χ4n) is 3.58. The van der Waals surface area contributed by atoms with Crippen molar-refractivity contribution >= 4 is 31.5 Å². The van der Waals surface area contributed by atoms with Crippen molar-refractivity contribution in [3.63, 3.8) is 0 Å². The first-order valence-electron chi connectivity index (χ1n) is 9.96. The summed E-state index contributed by atoms with van der Waals surface area (Å²) in [6.45, 7) is 0. The highest BCUT2D eigenvalue weighted by molar-refractivity contribution is 7.92. The van der Waals surface area contributed by atoms with Gasteiger partial charge in [0.1, 0.15) is 5.82 Å². The number of sulfone groups is 1. The van der Waals surface area contributed by atoms with Crippen molar-refractivity contribution in [2.45, 2.75) is 28.6 Å². The van der Waals surface area contributed by atoms with Crippen LogP contribution in [0.3, 0.4) is 0 Å². The highest BCUT2D eigenvalue weighted by Crippen LogP contribution is 2.43. The van der Waals surface area contributed by atoms with E-state index in [9.17, 15) is 31.1 Å². The Bertz CT molecular complexity index is 1480. The molecule has 0 atom stereocenters. The van der Waals surface area contributed by atoms with E-state index in [2.05, 4.69) is 4.72 Å². The fourth-order valence-corrected chi connectivity index (χ4v) is 5.62. The minimum Gasteiger partial charge on any atom is -0.478 e. The molecule has 7 nitrogen and oxygen atoms in total. The molecule has 0 saturated heterocycles. The van der Waals surface area contributed by atoms with Gasteiger partial charge in [-0.05, 0) is 66.3 Å². The minimum absolute atomic E-state index is 0.00413. The lowest BCUT2D eigenvalue weighted by molar-refractivity contribution is 0.0696. The van der Waals surface area contributed by atoms with Crippen LogP contribution < -0.4 is 4.72 Å². The number of sulfonamides is 1. The van der Waals surface area contributed by atoms with E-state index in [-0.39, 0.29) is 32.5 Å². The third-order valence-electron chi connectivity index (χ3n) is 5.37. The number of carbonyl (C=O) groups is 1. The van der Waals surface area contributed by atoms with Gasteiger partial charge in [-0.25, -0.2) is 26.0 Å². The Balaban J connectivity index is 1.87. The molecule has 0 bridgehead atoms. The maximum Gasteiger partial charge on any atom is 0.335 e. The van der Waals surface area contributed by atoms with Crippen LogP contribution in [-0.2, 0) is 19.9 Å². The summed E-state index contributed by atoms with van der Waals surface area (Å²) in [6.07, 6.45) is 2.56. The molecule has 1 fully saturated rings. The van der Waals surface area contributed by atoms with Crippen molar-refractivity contribution in [2.75, 3.05) is 11.0 Å². The third-order valence-corrected chi connectivity index (χ3v) is 7.90. The van der Waals surface area contributed by atoms with Gasteiger partial charge in [0.05, 0.1) is 21.0 Å². The molecule has 0 heterocycles. The van der Waals surface area contributed by atoms with Gasteiger partial charge in [-0.3, -0.25) is 4.72 Å². The van der Waals surface area contributed by atoms with Gasteiger partial charge in [0.25, 0.3) is 10.0 Å². The molecule has 0 radical (unpaired) electrons. The molecule has 0 aliphatic heterocycles. The number of nitrogens with one attached hydrogen (secondary N) is 1. The van der Waals surface area contributed by atoms with E-state index in [4.69, 9.17) is 0 Å². The Morgan fingerprint density at radius 3 is 2.33 bits per heavy atom. The summed E-state index contributed by atoms with van der Waals surface area (Å²) >= 11 is 0. The smallest absolute Gasteiger partial charge is 0.335 e. The summed E-state index contributed by atoms with van der Waals surface area (Å²) in [6, 6.07) is 13.3. The largest absolute Gasteiger partial charge is 0.478 e. The lowest BCUT2D eigenvalue weighted by atomic mass is 10.0. The summed E-state index contributed by atoms with van der Waals surface area (Å²) in [7, 11) is -7.98. The molecule has 3 aromatic carbocycles. The van der Waals surface area contributed by atoms with E-state index in [0.29, 0.717) is 11.1 Å². The zero-order valence-corrected chi connectivity index (χ0v) is 19.1. The van der Waals surface area contributed by atoms with Crippen molar-refractivity contribution < 1.29 is 31.1 Å². The van der Waals surface area contributed by atoms with Crippen LogP contribution in [0.1, 0.15) is 34.7 Å². The predicted molar refractivity (Wildman–Crippen MR) is 121 cm³/mol. The lowest BCUT2D eigenvalue weighted by Crippen LogP contribution is -2.17. The molecule has 1 saturated carbocycles. The van der Waals surface area contributed by atoms with Crippen molar-refractivity contribution in [1.29, 1.82) is 0 Å². The summed E-state index contributed by atoms with van der Waals surface area (Å²) in [5.41, 5.74) is 0.863. The second-order valence-electron chi connectivity index (χ2n) is 7.93. The molecular weight excluding hydrogens is 469 g/mol. The molecule has 0 amide bonds. The topological polar surface area (TPSA) is 118 Å². The zero-order chi connectivity index (χ0) is 24.0. The number of aromatic carboxylic acids is 1. The van der Waals surface area contributed by atoms with Gasteiger partial charge in [0, 0.05) is 11.8 Å². The SMILES string of the molecule is CS(=O)(=O)c1ccc(-c2cccc(F)c2)c(NS(=O)(=O)c2cc(C(=O)O)ccc2C2CC2)c1. The zero-order valence-electron chi connectivity index (χ0n) is 17.4. The monoisotopic (exact) mass is 489 g/mol. The number of carboxylic acids is 1. The number of carboxylic acid groups (broad SMARTS) is 1. The molecule has 0 aromatic heterocycles. The highest BCUT2D eigenvalue weighted by atomic mass is 32.2. The molecule has 172 valence electrons. The van der Waals surface area contributed by atoms with Crippen molar-refractivity contribution in [2.24, 2.45) is 0 Å². The van der Waals surface area contributed by atoms with E-state index >= 15 is 0 Å². The summed E-state index contributed by atoms with van der Waals surface area (Å²) in [5, 5.41) is 9.34. The van der Waals surface area contributed by atoms with Gasteiger partial charge in [0.2, 0.25) is 0 Å². The van der Waals surface area contributed by atoms with Gasteiger partial charge in [-0.15, -0.1) is 0 Å². The number of benzene rings is 3. The van der Waals surface area contributed by atoms with Crippen LogP contribution in [0.2, 0.25) is 0 Å². The first kappa shape index (κ1) is 22.9. The molecule has 33 heavy (non-hydrogen) atoms. The molecule has 1 aliphatic rings. The van der Waals surface area contributed by atoms with Gasteiger partial charge < -0.3 is 5.11 Å². The quantitative estimate of drug-likeness (QED) is 0.512. The van der Waals surface area contributed by atoms with E-state index in [1.165, 1.54) is 48.5 Å². The van der Waals surface area contributed by atoms with Crippen molar-refractivity contribution in [3.05, 3.63) is 77.6 Å². The van der Waals surface area contributed by atoms with Gasteiger partial charge in [-0.2, -0.15) is 0 Å². The normalized spacial score (nSPS) is 14.1. The second kappa shape index (κ2) is 8.27. The number of hydrogen-bond donors (Lipinski definition) is 2. The van der Waals surface area contributed by atoms with Gasteiger partial charge >= 0.3 is 5.97 Å². The van der Waals surface area contributed by atoms with Crippen LogP contribution in [0.5, 0.6) is 0 Å². The number of rotatable bonds is 7. The molecule has 3 aromatic rings. The Morgan fingerprint density at radius 1 is 1.00 bits per heavy atom. The Labute approximate surface area is 190 Å². The molecule has 2 N–H and O–H groups in total. The third kappa shape index (κ3) is 4.91. The first-order chi connectivity index (χ1) is 15.5. The average Bonchev–Trinajstić information content (AvgIpc) is 3.57. The van der Waals surface area contributed by atoms with E-state index in [0.717, 1.165) is 25.2 Å². The summed E-state index contributed by atoms with van der Waals surface area (Å²) in [4.78, 5) is 11.1. The maximum atomic E-state index is 13.8. The van der Waals surface area contributed by atoms with Crippen molar-refractivity contribution in [3.8, 4) is 11.1 Å². The average molecular weight is 490 g/mol. The van der Waals surface area contributed by atoms with Gasteiger partial charge in [0.15, 0.2) is 9.84 Å². The van der Waals surface area contributed by atoms with E-state index in [1.54, 1.807) is 6.07 Å².